The van der Waals surface area contributed by atoms with Gasteiger partial charge in [0.05, 0.1) is 10.9 Å². The number of carbonyl (C=O) groups excluding carboxylic acids is 1. The van der Waals surface area contributed by atoms with Crippen molar-refractivity contribution in [3.63, 3.8) is 0 Å². The summed E-state index contributed by atoms with van der Waals surface area (Å²) in [6, 6.07) is 13.3. The highest BCUT2D eigenvalue weighted by molar-refractivity contribution is 8.00. The van der Waals surface area contributed by atoms with Crippen LogP contribution in [0.15, 0.2) is 53.7 Å². The molecular formula is C18H17ClFN5OS. The van der Waals surface area contributed by atoms with E-state index in [-0.39, 0.29) is 11.7 Å². The van der Waals surface area contributed by atoms with Crippen molar-refractivity contribution < 1.29 is 9.18 Å². The molecule has 2 aromatic carbocycles. The minimum absolute atomic E-state index is 0.107. The number of aromatic nitrogens is 4. The van der Waals surface area contributed by atoms with Crippen LogP contribution in [0, 0.1) is 5.82 Å². The second-order valence-corrected chi connectivity index (χ2v) is 7.68. The Balaban J connectivity index is 1.69. The summed E-state index contributed by atoms with van der Waals surface area (Å²) in [7, 11) is 1.68. The van der Waals surface area contributed by atoms with Gasteiger partial charge >= 0.3 is 0 Å². The molecule has 0 spiro atoms. The zero-order valence-electron chi connectivity index (χ0n) is 14.7. The fourth-order valence-electron chi connectivity index (χ4n) is 2.53. The van der Waals surface area contributed by atoms with E-state index >= 15 is 0 Å². The molecule has 0 N–H and O–H groups in total. The van der Waals surface area contributed by atoms with Crippen molar-refractivity contribution >= 4 is 29.3 Å². The van der Waals surface area contributed by atoms with E-state index < -0.39 is 5.25 Å². The van der Waals surface area contributed by atoms with Crippen LogP contribution in [0.2, 0.25) is 5.02 Å². The molecule has 0 aliphatic carbocycles. The molecule has 0 aliphatic heterocycles. The van der Waals surface area contributed by atoms with Crippen molar-refractivity contribution in [3.05, 3.63) is 64.9 Å². The number of hydrogen-bond acceptors (Lipinski definition) is 5. The SMILES string of the molecule is C[C@H](Sc1nnnn1-c1cccc(Cl)c1)C(=O)N(C)Cc1cccc(F)c1. The van der Waals surface area contributed by atoms with Gasteiger partial charge < -0.3 is 4.90 Å². The van der Waals surface area contributed by atoms with Crippen LogP contribution in [0.1, 0.15) is 12.5 Å². The maximum atomic E-state index is 13.3. The van der Waals surface area contributed by atoms with Crippen molar-refractivity contribution in [3.8, 4) is 5.69 Å². The first-order valence-electron chi connectivity index (χ1n) is 8.14. The minimum atomic E-state index is -0.424. The van der Waals surface area contributed by atoms with Crippen molar-refractivity contribution in [1.29, 1.82) is 0 Å². The number of benzene rings is 2. The highest BCUT2D eigenvalue weighted by Crippen LogP contribution is 2.25. The number of amides is 1. The molecule has 3 rings (SSSR count). The molecule has 0 fully saturated rings. The third kappa shape index (κ3) is 4.84. The number of rotatable bonds is 6. The summed E-state index contributed by atoms with van der Waals surface area (Å²) >= 11 is 7.27. The molecular weight excluding hydrogens is 389 g/mol. The van der Waals surface area contributed by atoms with Gasteiger partial charge in [0.25, 0.3) is 0 Å². The summed E-state index contributed by atoms with van der Waals surface area (Å²) in [5.41, 5.74) is 1.44. The van der Waals surface area contributed by atoms with Crippen LogP contribution in [-0.2, 0) is 11.3 Å². The first-order chi connectivity index (χ1) is 12.9. The lowest BCUT2D eigenvalue weighted by atomic mass is 10.2. The third-order valence-corrected chi connectivity index (χ3v) is 5.06. The van der Waals surface area contributed by atoms with E-state index in [1.165, 1.54) is 28.6 Å². The van der Waals surface area contributed by atoms with Crippen molar-refractivity contribution in [2.45, 2.75) is 23.9 Å². The third-order valence-electron chi connectivity index (χ3n) is 3.81. The fourth-order valence-corrected chi connectivity index (χ4v) is 3.64. The Labute approximate surface area is 165 Å². The summed E-state index contributed by atoms with van der Waals surface area (Å²) in [5, 5.41) is 12.3. The summed E-state index contributed by atoms with van der Waals surface area (Å²) in [4.78, 5) is 14.2. The molecule has 0 aliphatic rings. The maximum Gasteiger partial charge on any atom is 0.235 e. The van der Waals surface area contributed by atoms with Gasteiger partial charge in [-0.25, -0.2) is 4.39 Å². The van der Waals surface area contributed by atoms with E-state index in [0.29, 0.717) is 22.4 Å². The van der Waals surface area contributed by atoms with E-state index in [1.807, 2.05) is 6.07 Å². The summed E-state index contributed by atoms with van der Waals surface area (Å²) in [5.74, 6) is -0.429. The molecule has 1 aromatic heterocycles. The number of thioether (sulfide) groups is 1. The zero-order valence-corrected chi connectivity index (χ0v) is 16.3. The second-order valence-electron chi connectivity index (χ2n) is 5.94. The summed E-state index contributed by atoms with van der Waals surface area (Å²) < 4.78 is 14.9. The largest absolute Gasteiger partial charge is 0.340 e. The normalized spacial score (nSPS) is 12.0. The van der Waals surface area contributed by atoms with Crippen LogP contribution in [-0.4, -0.2) is 43.3 Å². The molecule has 1 amide bonds. The van der Waals surface area contributed by atoms with Crippen LogP contribution in [0.3, 0.4) is 0 Å². The van der Waals surface area contributed by atoms with Crippen molar-refractivity contribution in [1.82, 2.24) is 25.1 Å². The average molecular weight is 406 g/mol. The van der Waals surface area contributed by atoms with Crippen LogP contribution in [0.4, 0.5) is 4.39 Å². The van der Waals surface area contributed by atoms with E-state index in [1.54, 1.807) is 49.2 Å². The van der Waals surface area contributed by atoms with Crippen LogP contribution >= 0.6 is 23.4 Å². The Hall–Kier alpha value is -2.45. The lowest BCUT2D eigenvalue weighted by Crippen LogP contribution is -2.33. The van der Waals surface area contributed by atoms with E-state index in [2.05, 4.69) is 15.5 Å². The lowest BCUT2D eigenvalue weighted by molar-refractivity contribution is -0.129. The van der Waals surface area contributed by atoms with E-state index in [0.717, 1.165) is 5.56 Å². The number of nitrogens with zero attached hydrogens (tertiary/aromatic N) is 5. The molecule has 3 aromatic rings. The molecule has 1 atom stereocenters. The molecule has 0 unspecified atom stereocenters. The smallest absolute Gasteiger partial charge is 0.235 e. The quantitative estimate of drug-likeness (QED) is 0.586. The van der Waals surface area contributed by atoms with Crippen molar-refractivity contribution in [2.75, 3.05) is 7.05 Å². The molecule has 27 heavy (non-hydrogen) atoms. The molecule has 0 saturated carbocycles. The Bertz CT molecular complexity index is 951. The van der Waals surface area contributed by atoms with Gasteiger partial charge in [-0.15, -0.1) is 5.10 Å². The second kappa shape index (κ2) is 8.49. The Morgan fingerprint density at radius 1 is 1.30 bits per heavy atom. The monoisotopic (exact) mass is 405 g/mol. The Morgan fingerprint density at radius 3 is 2.81 bits per heavy atom. The molecule has 0 bridgehead atoms. The molecule has 1 heterocycles. The first kappa shape index (κ1) is 19.3. The predicted molar refractivity (Wildman–Crippen MR) is 102 cm³/mol. The van der Waals surface area contributed by atoms with Gasteiger partial charge in [0.2, 0.25) is 11.1 Å². The maximum absolute atomic E-state index is 13.3. The molecule has 0 saturated heterocycles. The van der Waals surface area contributed by atoms with E-state index in [9.17, 15) is 9.18 Å². The van der Waals surface area contributed by atoms with Gasteiger partial charge in [-0.2, -0.15) is 4.68 Å². The minimum Gasteiger partial charge on any atom is -0.340 e. The van der Waals surface area contributed by atoms with Gasteiger partial charge in [0.1, 0.15) is 5.82 Å². The van der Waals surface area contributed by atoms with Crippen molar-refractivity contribution in [2.24, 2.45) is 0 Å². The highest BCUT2D eigenvalue weighted by atomic mass is 35.5. The molecule has 140 valence electrons. The number of carbonyl (C=O) groups is 1. The van der Waals surface area contributed by atoms with Gasteiger partial charge in [-0.1, -0.05) is 41.6 Å². The standard InChI is InChI=1S/C18H17ClFN5OS/c1-12(17(26)24(2)11-13-5-3-7-15(20)9-13)27-18-21-22-23-25(18)16-8-4-6-14(19)10-16/h3-10,12H,11H2,1-2H3/t12-/m0/s1. The topological polar surface area (TPSA) is 63.9 Å². The molecule has 0 radical (unpaired) electrons. The highest BCUT2D eigenvalue weighted by Gasteiger charge is 2.22. The van der Waals surface area contributed by atoms with Gasteiger partial charge in [0, 0.05) is 18.6 Å². The van der Waals surface area contributed by atoms with Gasteiger partial charge in [0.15, 0.2) is 0 Å². The number of halogens is 2. The molecule has 9 heteroatoms. The Morgan fingerprint density at radius 2 is 2.07 bits per heavy atom. The van der Waals surface area contributed by atoms with Crippen LogP contribution in [0.5, 0.6) is 0 Å². The van der Waals surface area contributed by atoms with Crippen LogP contribution < -0.4 is 0 Å². The van der Waals surface area contributed by atoms with Gasteiger partial charge in [-0.05, 0) is 53.2 Å². The summed E-state index contributed by atoms with van der Waals surface area (Å²) in [6.07, 6.45) is 0. The number of tetrazole rings is 1. The van der Waals surface area contributed by atoms with E-state index in [4.69, 9.17) is 11.6 Å². The predicted octanol–water partition coefficient (Wildman–Crippen LogP) is 3.59. The number of hydrogen-bond donors (Lipinski definition) is 0. The van der Waals surface area contributed by atoms with Gasteiger partial charge in [-0.3, -0.25) is 4.79 Å². The zero-order chi connectivity index (χ0) is 19.4. The molecule has 6 nitrogen and oxygen atoms in total. The fraction of sp³-hybridized carbons (Fsp3) is 0.222. The average Bonchev–Trinajstić information content (AvgIpc) is 3.09. The van der Waals surface area contributed by atoms with Crippen LogP contribution in [0.25, 0.3) is 5.69 Å². The Kier molecular flexibility index (Phi) is 6.08. The first-order valence-corrected chi connectivity index (χ1v) is 9.40. The lowest BCUT2D eigenvalue weighted by Gasteiger charge is -2.21. The summed E-state index contributed by atoms with van der Waals surface area (Å²) in [6.45, 7) is 2.10.